The largest absolute Gasteiger partial charge is 0.355 e. The molecule has 0 radical (unpaired) electrons. The highest BCUT2D eigenvalue weighted by Gasteiger charge is 2.25. The van der Waals surface area contributed by atoms with Crippen LogP contribution >= 0.6 is 24.0 Å². The Morgan fingerprint density at radius 3 is 2.33 bits per heavy atom. The van der Waals surface area contributed by atoms with E-state index in [1.54, 1.807) is 23.5 Å². The third-order valence-electron chi connectivity index (χ3n) is 5.70. The van der Waals surface area contributed by atoms with E-state index in [-0.39, 0.29) is 24.0 Å². The number of sulfonamides is 1. The maximum absolute atomic E-state index is 12.9. The minimum absolute atomic E-state index is 0. The van der Waals surface area contributed by atoms with E-state index in [0.29, 0.717) is 24.5 Å². The maximum atomic E-state index is 12.9. The first-order chi connectivity index (χ1) is 14.1. The highest BCUT2D eigenvalue weighted by molar-refractivity contribution is 14.0. The number of halogens is 1. The van der Waals surface area contributed by atoms with Crippen LogP contribution in [0.15, 0.2) is 34.2 Å². The number of hydrogen-bond donors (Lipinski definition) is 2. The molecule has 0 unspecified atom stereocenters. The molecule has 7 nitrogen and oxygen atoms in total. The fraction of sp³-hybridized carbons (Fsp3) is 0.667. The van der Waals surface area contributed by atoms with Gasteiger partial charge >= 0.3 is 0 Å². The zero-order valence-corrected chi connectivity index (χ0v) is 21.1. The lowest BCUT2D eigenvalue weighted by molar-refractivity contribution is 0.232. The Balaban J connectivity index is 0.00000320. The summed E-state index contributed by atoms with van der Waals surface area (Å²) in [7, 11) is -1.64. The number of guanidine groups is 1. The van der Waals surface area contributed by atoms with E-state index in [1.807, 2.05) is 12.1 Å². The first kappa shape index (κ1) is 25.4. The second-order valence-electron chi connectivity index (χ2n) is 7.87. The topological polar surface area (TPSA) is 77.0 Å². The lowest BCUT2D eigenvalue weighted by Gasteiger charge is -2.26. The van der Waals surface area contributed by atoms with Crippen LogP contribution in [0.1, 0.15) is 44.1 Å². The van der Waals surface area contributed by atoms with Crippen LogP contribution in [0.2, 0.25) is 0 Å². The molecule has 9 heteroatoms. The van der Waals surface area contributed by atoms with Crippen molar-refractivity contribution in [1.82, 2.24) is 19.8 Å². The van der Waals surface area contributed by atoms with Crippen LogP contribution in [0.4, 0.5) is 0 Å². The summed E-state index contributed by atoms with van der Waals surface area (Å²) in [6.45, 7) is 6.02. The maximum Gasteiger partial charge on any atom is 0.243 e. The van der Waals surface area contributed by atoms with E-state index in [4.69, 9.17) is 0 Å². The molecule has 0 atom stereocenters. The van der Waals surface area contributed by atoms with Crippen molar-refractivity contribution in [2.45, 2.75) is 50.0 Å². The highest BCUT2D eigenvalue weighted by atomic mass is 127. The van der Waals surface area contributed by atoms with Crippen LogP contribution in [0, 0.1) is 0 Å². The number of nitrogens with one attached hydrogen (secondary N) is 2. The molecule has 0 aliphatic carbocycles. The van der Waals surface area contributed by atoms with Crippen molar-refractivity contribution < 1.29 is 8.42 Å². The van der Waals surface area contributed by atoms with Gasteiger partial charge in [-0.25, -0.2) is 8.42 Å². The van der Waals surface area contributed by atoms with E-state index in [1.165, 1.54) is 32.4 Å². The average molecular weight is 550 g/mol. The fourth-order valence-corrected chi connectivity index (χ4v) is 5.58. The molecule has 2 heterocycles. The fourth-order valence-electron chi connectivity index (χ4n) is 3.99. The molecule has 0 spiro atoms. The van der Waals surface area contributed by atoms with Crippen LogP contribution in [-0.2, 0) is 16.6 Å². The molecule has 0 saturated carbocycles. The molecule has 170 valence electrons. The molecule has 30 heavy (non-hydrogen) atoms. The third kappa shape index (κ3) is 7.35. The molecule has 2 aliphatic rings. The predicted molar refractivity (Wildman–Crippen MR) is 133 cm³/mol. The monoisotopic (exact) mass is 549 g/mol. The first-order valence-electron chi connectivity index (χ1n) is 10.9. The van der Waals surface area contributed by atoms with Gasteiger partial charge in [0.05, 0.1) is 4.90 Å². The number of rotatable bonds is 7. The molecule has 0 amide bonds. The Labute approximate surface area is 198 Å². The Morgan fingerprint density at radius 1 is 1.00 bits per heavy atom. The summed E-state index contributed by atoms with van der Waals surface area (Å²) in [4.78, 5) is 7.15. The van der Waals surface area contributed by atoms with Crippen molar-refractivity contribution in [1.29, 1.82) is 0 Å². The van der Waals surface area contributed by atoms with Gasteiger partial charge in [0.1, 0.15) is 0 Å². The van der Waals surface area contributed by atoms with Crippen molar-refractivity contribution in [2.24, 2.45) is 4.99 Å². The minimum Gasteiger partial charge on any atom is -0.355 e. The second-order valence-corrected chi connectivity index (χ2v) is 9.80. The molecule has 2 N–H and O–H groups in total. The molecular weight excluding hydrogens is 513 g/mol. The lowest BCUT2D eigenvalue weighted by atomic mass is 10.1. The van der Waals surface area contributed by atoms with Gasteiger partial charge in [0.15, 0.2) is 5.96 Å². The molecule has 0 bridgehead atoms. The van der Waals surface area contributed by atoms with Crippen LogP contribution in [0.25, 0.3) is 0 Å². The first-order valence-corrected chi connectivity index (χ1v) is 12.3. The van der Waals surface area contributed by atoms with Crippen molar-refractivity contribution >= 4 is 40.0 Å². The molecule has 2 saturated heterocycles. The summed E-state index contributed by atoms with van der Waals surface area (Å²) in [5.41, 5.74) is 0.932. The summed E-state index contributed by atoms with van der Waals surface area (Å²) >= 11 is 0. The van der Waals surface area contributed by atoms with Gasteiger partial charge in [0.25, 0.3) is 0 Å². The zero-order valence-electron chi connectivity index (χ0n) is 18.0. The van der Waals surface area contributed by atoms with Gasteiger partial charge in [-0.3, -0.25) is 4.99 Å². The number of aliphatic imine (C=N–C) groups is 1. The minimum atomic E-state index is -3.40. The van der Waals surface area contributed by atoms with Gasteiger partial charge in [0, 0.05) is 39.8 Å². The number of nitrogens with zero attached hydrogens (tertiary/aromatic N) is 3. The van der Waals surface area contributed by atoms with Gasteiger partial charge in [0.2, 0.25) is 10.0 Å². The molecule has 3 rings (SSSR count). The molecule has 2 fully saturated rings. The van der Waals surface area contributed by atoms with Crippen LogP contribution in [-0.4, -0.2) is 69.9 Å². The lowest BCUT2D eigenvalue weighted by Crippen LogP contribution is -2.42. The van der Waals surface area contributed by atoms with Crippen LogP contribution < -0.4 is 10.6 Å². The molecule has 0 aromatic heterocycles. The summed E-state index contributed by atoms with van der Waals surface area (Å²) < 4.78 is 27.4. The van der Waals surface area contributed by atoms with Crippen molar-refractivity contribution in [3.05, 3.63) is 29.8 Å². The van der Waals surface area contributed by atoms with Gasteiger partial charge in [-0.05, 0) is 56.5 Å². The van der Waals surface area contributed by atoms with Crippen LogP contribution in [0.3, 0.4) is 0 Å². The van der Waals surface area contributed by atoms with E-state index in [9.17, 15) is 8.42 Å². The second kappa shape index (κ2) is 12.8. The van der Waals surface area contributed by atoms with Crippen LogP contribution in [0.5, 0.6) is 0 Å². The average Bonchev–Trinajstić information content (AvgIpc) is 2.77. The van der Waals surface area contributed by atoms with Crippen molar-refractivity contribution in [3.63, 3.8) is 0 Å². The molecule has 1 aromatic rings. The molecule has 2 aliphatic heterocycles. The summed E-state index contributed by atoms with van der Waals surface area (Å²) in [5, 5.41) is 6.65. The van der Waals surface area contributed by atoms with Gasteiger partial charge in [-0.1, -0.05) is 25.0 Å². The predicted octanol–water partition coefficient (Wildman–Crippen LogP) is 2.63. The van der Waals surface area contributed by atoms with E-state index in [2.05, 4.69) is 20.5 Å². The Bertz CT molecular complexity index is 775. The highest BCUT2D eigenvalue weighted by Crippen LogP contribution is 2.21. The number of piperidine rings is 2. The summed E-state index contributed by atoms with van der Waals surface area (Å²) in [6.07, 6.45) is 6.94. The van der Waals surface area contributed by atoms with E-state index >= 15 is 0 Å². The SMILES string of the molecule is CN=C(NCCN1CCCCC1)NCc1cccc(S(=O)(=O)N2CCCCC2)c1.I. The Morgan fingerprint density at radius 2 is 1.67 bits per heavy atom. The molecule has 1 aromatic carbocycles. The summed E-state index contributed by atoms with van der Waals surface area (Å²) in [6, 6.07) is 7.24. The molecular formula is C21H36IN5O2S. The van der Waals surface area contributed by atoms with Gasteiger partial charge in [-0.2, -0.15) is 4.31 Å². The zero-order chi connectivity index (χ0) is 20.5. The Hall–Kier alpha value is -0.910. The van der Waals surface area contributed by atoms with Gasteiger partial charge in [-0.15, -0.1) is 24.0 Å². The van der Waals surface area contributed by atoms with Crippen molar-refractivity contribution in [2.75, 3.05) is 46.3 Å². The standard InChI is InChI=1S/C21H35N5O2S.HI/c1-22-21(23-11-16-25-12-4-2-5-13-25)24-18-19-9-8-10-20(17-19)29(27,28)26-14-6-3-7-15-26;/h8-10,17H,2-7,11-16,18H2,1H3,(H2,22,23,24);1H. The third-order valence-corrected chi connectivity index (χ3v) is 7.60. The number of benzene rings is 1. The quantitative estimate of drug-likeness (QED) is 0.311. The van der Waals surface area contributed by atoms with Crippen molar-refractivity contribution in [3.8, 4) is 0 Å². The Kier molecular flexibility index (Phi) is 10.8. The van der Waals surface area contributed by atoms with Gasteiger partial charge < -0.3 is 15.5 Å². The van der Waals surface area contributed by atoms with E-state index < -0.39 is 10.0 Å². The number of likely N-dealkylation sites (tertiary alicyclic amines) is 1. The smallest absolute Gasteiger partial charge is 0.243 e. The summed E-state index contributed by atoms with van der Waals surface area (Å²) in [5.74, 6) is 0.742. The normalized spacial score (nSPS) is 19.2. The van der Waals surface area contributed by atoms with E-state index in [0.717, 1.165) is 43.9 Å². The number of hydrogen-bond acceptors (Lipinski definition) is 4.